The van der Waals surface area contributed by atoms with Crippen LogP contribution in [0, 0.1) is 10.1 Å². The number of hydrazone groups is 1. The van der Waals surface area contributed by atoms with Crippen LogP contribution < -0.4 is 19.6 Å². The molecule has 0 aliphatic rings. The number of rotatable bonds is 9. The Morgan fingerprint density at radius 3 is 2.55 bits per heavy atom. The fourth-order valence-electron chi connectivity index (χ4n) is 2.49. The Bertz CT molecular complexity index is 928. The maximum Gasteiger partial charge on any atom is 0.315 e. The Labute approximate surface area is 166 Å². The highest BCUT2D eigenvalue weighted by molar-refractivity contribution is 5.85. The first-order valence-electron chi connectivity index (χ1n) is 8.56. The number of carbonyl (C=O) groups is 1. The number of amides is 1. The predicted molar refractivity (Wildman–Crippen MR) is 105 cm³/mol. The lowest BCUT2D eigenvalue weighted by molar-refractivity contribution is -0.386. The zero-order valence-electron chi connectivity index (χ0n) is 16.2. The van der Waals surface area contributed by atoms with E-state index >= 15 is 0 Å². The number of aromatic hydroxyl groups is 1. The van der Waals surface area contributed by atoms with Crippen molar-refractivity contribution in [2.75, 3.05) is 20.8 Å². The van der Waals surface area contributed by atoms with Crippen LogP contribution in [0.1, 0.15) is 18.1 Å². The molecule has 1 amide bonds. The molecule has 0 radical (unpaired) electrons. The molecule has 0 unspecified atom stereocenters. The molecule has 2 N–H and O–H groups in total. The highest BCUT2D eigenvalue weighted by Gasteiger charge is 2.19. The summed E-state index contributed by atoms with van der Waals surface area (Å²) in [5, 5.41) is 24.7. The lowest BCUT2D eigenvalue weighted by Gasteiger charge is -2.09. The minimum Gasteiger partial charge on any atom is -0.500 e. The van der Waals surface area contributed by atoms with Gasteiger partial charge in [0.2, 0.25) is 11.7 Å². The minimum absolute atomic E-state index is 0.0393. The zero-order chi connectivity index (χ0) is 21.4. The molecule has 10 nitrogen and oxygen atoms in total. The van der Waals surface area contributed by atoms with Crippen molar-refractivity contribution in [3.05, 3.63) is 51.6 Å². The van der Waals surface area contributed by atoms with Crippen molar-refractivity contribution in [3.63, 3.8) is 0 Å². The maximum absolute atomic E-state index is 12.1. The third kappa shape index (κ3) is 5.58. The summed E-state index contributed by atoms with van der Waals surface area (Å²) in [6.45, 7) is 1.90. The molecule has 0 aromatic heterocycles. The van der Waals surface area contributed by atoms with Gasteiger partial charge in [-0.2, -0.15) is 5.10 Å². The SMILES string of the molecule is CCOc1cc(C=NNC(=O)Cc2ccc(OC)c(OC)c2)cc([N+](=O)[O-])c1O. The van der Waals surface area contributed by atoms with Gasteiger partial charge in [-0.3, -0.25) is 14.9 Å². The molecule has 0 aliphatic heterocycles. The van der Waals surface area contributed by atoms with Crippen LogP contribution in [0.25, 0.3) is 0 Å². The Balaban J connectivity index is 2.09. The summed E-state index contributed by atoms with van der Waals surface area (Å²) in [5.41, 5.74) is 2.80. The van der Waals surface area contributed by atoms with Crippen molar-refractivity contribution in [1.82, 2.24) is 5.43 Å². The van der Waals surface area contributed by atoms with E-state index in [9.17, 15) is 20.0 Å². The molecule has 154 valence electrons. The Hall–Kier alpha value is -3.82. The Morgan fingerprint density at radius 1 is 1.21 bits per heavy atom. The second kappa shape index (κ2) is 9.93. The maximum atomic E-state index is 12.1. The highest BCUT2D eigenvalue weighted by atomic mass is 16.6. The van der Waals surface area contributed by atoms with Crippen LogP contribution in [0.4, 0.5) is 5.69 Å². The van der Waals surface area contributed by atoms with E-state index in [1.54, 1.807) is 25.1 Å². The number of phenols is 1. The molecule has 2 rings (SSSR count). The number of nitrogens with zero attached hydrogens (tertiary/aromatic N) is 2. The average Bonchev–Trinajstić information content (AvgIpc) is 2.69. The van der Waals surface area contributed by atoms with Gasteiger partial charge >= 0.3 is 5.69 Å². The summed E-state index contributed by atoms with van der Waals surface area (Å²) in [7, 11) is 3.02. The van der Waals surface area contributed by atoms with Gasteiger partial charge in [-0.25, -0.2) is 5.43 Å². The van der Waals surface area contributed by atoms with E-state index in [4.69, 9.17) is 14.2 Å². The summed E-state index contributed by atoms with van der Waals surface area (Å²) in [6.07, 6.45) is 1.26. The third-order valence-corrected chi connectivity index (χ3v) is 3.79. The topological polar surface area (TPSA) is 133 Å². The fourth-order valence-corrected chi connectivity index (χ4v) is 2.49. The molecule has 2 aromatic rings. The third-order valence-electron chi connectivity index (χ3n) is 3.79. The minimum atomic E-state index is -0.731. The number of nitrogens with one attached hydrogen (secondary N) is 1. The summed E-state index contributed by atoms with van der Waals surface area (Å²) in [4.78, 5) is 22.4. The molecule has 0 aliphatic carbocycles. The van der Waals surface area contributed by atoms with E-state index < -0.39 is 22.3 Å². The fraction of sp³-hybridized carbons (Fsp3) is 0.263. The van der Waals surface area contributed by atoms with Crippen molar-refractivity contribution >= 4 is 17.8 Å². The largest absolute Gasteiger partial charge is 0.500 e. The van der Waals surface area contributed by atoms with Gasteiger partial charge in [-0.1, -0.05) is 6.07 Å². The summed E-state index contributed by atoms with van der Waals surface area (Å²) < 4.78 is 15.5. The van der Waals surface area contributed by atoms with Crippen molar-refractivity contribution in [2.45, 2.75) is 13.3 Å². The van der Waals surface area contributed by atoms with Crippen molar-refractivity contribution < 1.29 is 29.0 Å². The van der Waals surface area contributed by atoms with E-state index in [-0.39, 0.29) is 24.3 Å². The highest BCUT2D eigenvalue weighted by Crippen LogP contribution is 2.36. The molecule has 0 spiro atoms. The number of ether oxygens (including phenoxy) is 3. The standard InChI is InChI=1S/C19H21N3O7/c1-4-29-17-9-13(7-14(19(17)24)22(25)26)11-20-21-18(23)10-12-5-6-15(27-2)16(8-12)28-3/h5-9,11,24H,4,10H2,1-3H3,(H,21,23). The summed E-state index contributed by atoms with van der Waals surface area (Å²) >= 11 is 0. The van der Waals surface area contributed by atoms with Crippen LogP contribution in [0.5, 0.6) is 23.0 Å². The molecular weight excluding hydrogens is 382 g/mol. The van der Waals surface area contributed by atoms with E-state index in [1.807, 2.05) is 0 Å². The van der Waals surface area contributed by atoms with Gasteiger partial charge in [0, 0.05) is 11.6 Å². The lowest BCUT2D eigenvalue weighted by atomic mass is 10.1. The number of hydrogen-bond donors (Lipinski definition) is 2. The van der Waals surface area contributed by atoms with Gasteiger partial charge in [0.1, 0.15) is 0 Å². The van der Waals surface area contributed by atoms with Crippen LogP contribution in [0.2, 0.25) is 0 Å². The zero-order valence-corrected chi connectivity index (χ0v) is 16.2. The predicted octanol–water partition coefficient (Wildman–Crippen LogP) is 2.41. The Kier molecular flexibility index (Phi) is 7.35. The van der Waals surface area contributed by atoms with E-state index in [0.29, 0.717) is 17.1 Å². The first-order valence-corrected chi connectivity index (χ1v) is 8.56. The first-order chi connectivity index (χ1) is 13.9. The molecule has 0 saturated heterocycles. The van der Waals surface area contributed by atoms with Gasteiger partial charge in [0.25, 0.3) is 0 Å². The summed E-state index contributed by atoms with van der Waals surface area (Å²) in [6, 6.07) is 7.61. The second-order valence-corrected chi connectivity index (χ2v) is 5.74. The molecule has 0 bridgehead atoms. The van der Waals surface area contributed by atoms with Gasteiger partial charge in [0.05, 0.1) is 38.4 Å². The number of methoxy groups -OCH3 is 2. The van der Waals surface area contributed by atoms with Crippen LogP contribution >= 0.6 is 0 Å². The van der Waals surface area contributed by atoms with Crippen molar-refractivity contribution in [3.8, 4) is 23.0 Å². The van der Waals surface area contributed by atoms with E-state index in [1.165, 1.54) is 26.5 Å². The molecule has 0 saturated carbocycles. The van der Waals surface area contributed by atoms with Crippen LogP contribution in [0.15, 0.2) is 35.4 Å². The quantitative estimate of drug-likeness (QED) is 0.373. The monoisotopic (exact) mass is 403 g/mol. The van der Waals surface area contributed by atoms with Gasteiger partial charge < -0.3 is 19.3 Å². The molecular formula is C19H21N3O7. The molecule has 0 atom stereocenters. The van der Waals surface area contributed by atoms with Crippen LogP contribution in [-0.4, -0.2) is 43.0 Å². The summed E-state index contributed by atoms with van der Waals surface area (Å²) in [5.74, 6) is 0.0490. The smallest absolute Gasteiger partial charge is 0.315 e. The van der Waals surface area contributed by atoms with E-state index in [0.717, 1.165) is 6.07 Å². The first kappa shape index (κ1) is 21.5. The van der Waals surface area contributed by atoms with Gasteiger partial charge in [-0.05, 0) is 30.7 Å². The van der Waals surface area contributed by atoms with Gasteiger partial charge in [0.15, 0.2) is 17.2 Å². The van der Waals surface area contributed by atoms with Gasteiger partial charge in [-0.15, -0.1) is 0 Å². The molecule has 2 aromatic carbocycles. The second-order valence-electron chi connectivity index (χ2n) is 5.74. The molecule has 10 heteroatoms. The number of nitro groups is 1. The number of hydrogen-bond acceptors (Lipinski definition) is 8. The molecule has 0 fully saturated rings. The average molecular weight is 403 g/mol. The normalized spacial score (nSPS) is 10.6. The number of nitro benzene ring substituents is 1. The number of benzene rings is 2. The number of phenolic OH excluding ortho intramolecular Hbond substituents is 1. The van der Waals surface area contributed by atoms with Crippen molar-refractivity contribution in [2.24, 2.45) is 5.10 Å². The number of carbonyl (C=O) groups excluding carboxylic acids is 1. The van der Waals surface area contributed by atoms with E-state index in [2.05, 4.69) is 10.5 Å². The van der Waals surface area contributed by atoms with Crippen molar-refractivity contribution in [1.29, 1.82) is 0 Å². The molecule has 29 heavy (non-hydrogen) atoms. The van der Waals surface area contributed by atoms with Crippen LogP contribution in [-0.2, 0) is 11.2 Å². The van der Waals surface area contributed by atoms with Crippen LogP contribution in [0.3, 0.4) is 0 Å². The molecule has 0 heterocycles. The Morgan fingerprint density at radius 2 is 1.93 bits per heavy atom. The lowest BCUT2D eigenvalue weighted by Crippen LogP contribution is -2.19.